The van der Waals surface area contributed by atoms with Crippen LogP contribution in [0.4, 0.5) is 0 Å². The van der Waals surface area contributed by atoms with Crippen LogP contribution in [-0.2, 0) is 16.6 Å². The van der Waals surface area contributed by atoms with Gasteiger partial charge >= 0.3 is 0 Å². The molecule has 0 aromatic heterocycles. The van der Waals surface area contributed by atoms with E-state index in [0.717, 1.165) is 32.7 Å². The molecule has 0 aliphatic carbocycles. The number of nitrogens with one attached hydrogen (secondary N) is 1. The minimum absolute atomic E-state index is 0.500. The molecule has 6 heteroatoms. The van der Waals surface area contributed by atoms with E-state index in [2.05, 4.69) is 34.5 Å². The Kier molecular flexibility index (Phi) is 4.31. The minimum Gasteiger partial charge on any atom is -0.312 e. The summed E-state index contributed by atoms with van der Waals surface area (Å²) in [5.41, 5.74) is 2.84. The summed E-state index contributed by atoms with van der Waals surface area (Å²) >= 11 is 0. The Morgan fingerprint density at radius 3 is 2.62 bits per heavy atom. The van der Waals surface area contributed by atoms with Crippen molar-refractivity contribution >= 4 is 10.0 Å². The molecule has 1 aromatic carbocycles. The zero-order valence-electron chi connectivity index (χ0n) is 12.5. The van der Waals surface area contributed by atoms with Crippen molar-refractivity contribution in [2.24, 2.45) is 0 Å². The first-order valence-corrected chi connectivity index (χ1v) is 9.35. The predicted octanol–water partition coefficient (Wildman–Crippen LogP) is 0.451. The van der Waals surface area contributed by atoms with Gasteiger partial charge in [-0.05, 0) is 11.1 Å². The molecular weight excluding hydrogens is 286 g/mol. The molecule has 1 unspecified atom stereocenters. The van der Waals surface area contributed by atoms with E-state index in [0.29, 0.717) is 19.0 Å². The highest BCUT2D eigenvalue weighted by molar-refractivity contribution is 7.88. The third-order valence-electron chi connectivity index (χ3n) is 4.48. The van der Waals surface area contributed by atoms with Crippen LogP contribution in [0.15, 0.2) is 24.3 Å². The summed E-state index contributed by atoms with van der Waals surface area (Å²) in [4.78, 5) is 2.39. The predicted molar refractivity (Wildman–Crippen MR) is 83.7 cm³/mol. The lowest BCUT2D eigenvalue weighted by atomic mass is 9.90. The zero-order valence-corrected chi connectivity index (χ0v) is 13.3. The number of piperazine rings is 1. The van der Waals surface area contributed by atoms with E-state index in [9.17, 15) is 8.42 Å². The first kappa shape index (κ1) is 15.0. The van der Waals surface area contributed by atoms with E-state index in [1.54, 1.807) is 4.31 Å². The molecule has 2 aliphatic heterocycles. The van der Waals surface area contributed by atoms with Gasteiger partial charge in [-0.1, -0.05) is 24.3 Å². The average Bonchev–Trinajstić information content (AvgIpc) is 2.47. The highest BCUT2D eigenvalue weighted by atomic mass is 32.2. The van der Waals surface area contributed by atoms with Gasteiger partial charge in [0.25, 0.3) is 0 Å². The van der Waals surface area contributed by atoms with Gasteiger partial charge in [-0.2, -0.15) is 4.31 Å². The summed E-state index contributed by atoms with van der Waals surface area (Å²) in [7, 11) is -3.04. The molecular formula is C15H23N3O2S. The number of nitrogens with zero attached hydrogens (tertiary/aromatic N) is 2. The van der Waals surface area contributed by atoms with Crippen molar-refractivity contribution < 1.29 is 8.42 Å². The van der Waals surface area contributed by atoms with Gasteiger partial charge in [0.15, 0.2) is 0 Å². The number of sulfonamides is 1. The molecule has 0 bridgehead atoms. The first-order valence-electron chi connectivity index (χ1n) is 7.50. The number of rotatable bonds is 3. The van der Waals surface area contributed by atoms with Crippen LogP contribution in [0.1, 0.15) is 17.0 Å². The number of benzene rings is 1. The van der Waals surface area contributed by atoms with E-state index in [1.165, 1.54) is 17.4 Å². The SMILES string of the molecule is CS(=O)(=O)N1CCN(CC2CNCc3ccccc32)CC1. The number of hydrogen-bond donors (Lipinski definition) is 1. The molecule has 0 radical (unpaired) electrons. The fourth-order valence-electron chi connectivity index (χ4n) is 3.30. The second-order valence-corrected chi connectivity index (χ2v) is 7.97. The minimum atomic E-state index is -3.04. The molecule has 2 aliphatic rings. The van der Waals surface area contributed by atoms with Crippen molar-refractivity contribution in [1.82, 2.24) is 14.5 Å². The molecule has 1 saturated heterocycles. The maximum atomic E-state index is 11.5. The summed E-state index contributed by atoms with van der Waals surface area (Å²) in [6.07, 6.45) is 1.30. The van der Waals surface area contributed by atoms with Gasteiger partial charge in [0.1, 0.15) is 0 Å². The molecule has 0 amide bonds. The molecule has 116 valence electrons. The van der Waals surface area contributed by atoms with Crippen LogP contribution >= 0.6 is 0 Å². The Morgan fingerprint density at radius 1 is 1.19 bits per heavy atom. The maximum absolute atomic E-state index is 11.5. The average molecular weight is 309 g/mol. The quantitative estimate of drug-likeness (QED) is 0.881. The van der Waals surface area contributed by atoms with Gasteiger partial charge in [0, 0.05) is 51.7 Å². The van der Waals surface area contributed by atoms with Crippen molar-refractivity contribution in [3.8, 4) is 0 Å². The van der Waals surface area contributed by atoms with Crippen molar-refractivity contribution in [3.63, 3.8) is 0 Å². The molecule has 1 N–H and O–H groups in total. The van der Waals surface area contributed by atoms with Crippen LogP contribution in [0.2, 0.25) is 0 Å². The summed E-state index contributed by atoms with van der Waals surface area (Å²) in [5.74, 6) is 0.500. The van der Waals surface area contributed by atoms with Gasteiger partial charge in [-0.25, -0.2) is 8.42 Å². The first-order chi connectivity index (χ1) is 10.0. The summed E-state index contributed by atoms with van der Waals surface area (Å²) < 4.78 is 24.7. The highest BCUT2D eigenvalue weighted by Gasteiger charge is 2.27. The van der Waals surface area contributed by atoms with E-state index >= 15 is 0 Å². The summed E-state index contributed by atoms with van der Waals surface area (Å²) in [6.45, 7) is 5.83. The lowest BCUT2D eigenvalue weighted by Crippen LogP contribution is -2.50. The monoisotopic (exact) mass is 309 g/mol. The Morgan fingerprint density at radius 2 is 1.90 bits per heavy atom. The standard InChI is InChI=1S/C15H23N3O2S/c1-21(19,20)18-8-6-17(7-9-18)12-14-11-16-10-13-4-2-3-5-15(13)14/h2-5,14,16H,6-12H2,1H3. The van der Waals surface area contributed by atoms with E-state index in [-0.39, 0.29) is 0 Å². The molecule has 0 saturated carbocycles. The van der Waals surface area contributed by atoms with Gasteiger partial charge in [0.2, 0.25) is 10.0 Å². The number of fused-ring (bicyclic) bond motifs is 1. The Labute approximate surface area is 127 Å². The Balaban J connectivity index is 1.62. The highest BCUT2D eigenvalue weighted by Crippen LogP contribution is 2.25. The van der Waals surface area contributed by atoms with E-state index < -0.39 is 10.0 Å². The van der Waals surface area contributed by atoms with Gasteiger partial charge in [-0.15, -0.1) is 0 Å². The van der Waals surface area contributed by atoms with Gasteiger partial charge in [0.05, 0.1) is 6.26 Å². The summed E-state index contributed by atoms with van der Waals surface area (Å²) in [6, 6.07) is 8.62. The third kappa shape index (κ3) is 3.45. The second-order valence-electron chi connectivity index (χ2n) is 5.99. The zero-order chi connectivity index (χ0) is 14.9. The normalized spacial score (nSPS) is 24.7. The van der Waals surface area contributed by atoms with E-state index in [4.69, 9.17) is 0 Å². The van der Waals surface area contributed by atoms with Crippen molar-refractivity contribution in [2.75, 3.05) is 45.5 Å². The van der Waals surface area contributed by atoms with Crippen LogP contribution in [0.5, 0.6) is 0 Å². The Hall–Kier alpha value is -0.950. The maximum Gasteiger partial charge on any atom is 0.211 e. The smallest absolute Gasteiger partial charge is 0.211 e. The van der Waals surface area contributed by atoms with Crippen LogP contribution in [0.25, 0.3) is 0 Å². The molecule has 1 fully saturated rings. The molecule has 5 nitrogen and oxygen atoms in total. The lowest BCUT2D eigenvalue weighted by molar-refractivity contribution is 0.177. The van der Waals surface area contributed by atoms with Gasteiger partial charge < -0.3 is 10.2 Å². The third-order valence-corrected chi connectivity index (χ3v) is 5.78. The van der Waals surface area contributed by atoms with Gasteiger partial charge in [-0.3, -0.25) is 0 Å². The molecule has 1 atom stereocenters. The van der Waals surface area contributed by atoms with E-state index in [1.807, 2.05) is 0 Å². The van der Waals surface area contributed by atoms with Crippen LogP contribution in [0, 0.1) is 0 Å². The van der Waals surface area contributed by atoms with Crippen molar-refractivity contribution in [3.05, 3.63) is 35.4 Å². The van der Waals surface area contributed by atoms with Crippen molar-refractivity contribution in [1.29, 1.82) is 0 Å². The van der Waals surface area contributed by atoms with Crippen LogP contribution in [0.3, 0.4) is 0 Å². The molecule has 3 rings (SSSR count). The largest absolute Gasteiger partial charge is 0.312 e. The van der Waals surface area contributed by atoms with Crippen LogP contribution in [-0.4, -0.2) is 63.1 Å². The molecule has 0 spiro atoms. The fraction of sp³-hybridized carbons (Fsp3) is 0.600. The topological polar surface area (TPSA) is 52.7 Å². The van der Waals surface area contributed by atoms with Crippen molar-refractivity contribution in [2.45, 2.75) is 12.5 Å². The Bertz CT molecular complexity index is 595. The molecule has 2 heterocycles. The summed E-state index contributed by atoms with van der Waals surface area (Å²) in [5, 5.41) is 3.48. The lowest BCUT2D eigenvalue weighted by Gasteiger charge is -2.36. The number of hydrogen-bond acceptors (Lipinski definition) is 4. The molecule has 1 aromatic rings. The second kappa shape index (κ2) is 6.04. The molecule has 21 heavy (non-hydrogen) atoms. The fourth-order valence-corrected chi connectivity index (χ4v) is 4.13. The van der Waals surface area contributed by atoms with Crippen LogP contribution < -0.4 is 5.32 Å².